The Morgan fingerprint density at radius 3 is 2.81 bits per heavy atom. The van der Waals surface area contributed by atoms with E-state index in [0.717, 1.165) is 25.9 Å². The van der Waals surface area contributed by atoms with Crippen molar-refractivity contribution in [2.24, 2.45) is 11.3 Å². The van der Waals surface area contributed by atoms with Crippen molar-refractivity contribution in [3.63, 3.8) is 0 Å². The second-order valence-electron chi connectivity index (χ2n) is 7.82. The van der Waals surface area contributed by atoms with Crippen LogP contribution in [0, 0.1) is 11.3 Å². The van der Waals surface area contributed by atoms with Crippen LogP contribution in [0.1, 0.15) is 24.8 Å². The van der Waals surface area contributed by atoms with Crippen LogP contribution in [0.15, 0.2) is 30.3 Å². The number of nitrogens with zero attached hydrogens (tertiary/aromatic N) is 2. The largest absolute Gasteiger partial charge is 0.481 e. The van der Waals surface area contributed by atoms with Crippen molar-refractivity contribution in [3.05, 3.63) is 35.9 Å². The fraction of sp³-hybridized carbons (Fsp3) is 0.600. The Balaban J connectivity index is 1.48. The summed E-state index contributed by atoms with van der Waals surface area (Å²) in [7, 11) is 0. The number of fused-ring (bicyclic) bond motifs is 1. The number of aliphatic carboxylic acids is 1. The molecule has 1 aromatic carbocycles. The van der Waals surface area contributed by atoms with Gasteiger partial charge in [-0.25, -0.2) is 0 Å². The smallest absolute Gasteiger partial charge is 0.311 e. The van der Waals surface area contributed by atoms with Crippen molar-refractivity contribution in [2.75, 3.05) is 32.8 Å². The molecule has 3 atom stereocenters. The lowest BCUT2D eigenvalue weighted by Crippen LogP contribution is -2.47. The first kappa shape index (κ1) is 17.5. The van der Waals surface area contributed by atoms with Crippen LogP contribution in [0.3, 0.4) is 0 Å². The number of carboxylic acid groups (broad SMARTS) is 1. The Kier molecular flexibility index (Phi) is 4.71. The molecule has 0 radical (unpaired) electrons. The van der Waals surface area contributed by atoms with Crippen LogP contribution in [0.4, 0.5) is 0 Å². The number of carboxylic acids is 1. The standard InChI is InChI=1S/C20H26N2O4/c23-18(17-7-4-9-21(17)11-15-5-2-1-3-6-15)22-12-16-13-26-10-8-20(16,14-22)19(24)25/h1-3,5-6,16-17H,4,7-14H2,(H,24,25)/t16-,17?,20+/m0/s1. The lowest BCUT2D eigenvalue weighted by molar-refractivity contribution is -0.157. The average molecular weight is 358 g/mol. The minimum atomic E-state index is -0.823. The highest BCUT2D eigenvalue weighted by atomic mass is 16.5. The van der Waals surface area contributed by atoms with Crippen LogP contribution in [0.25, 0.3) is 0 Å². The number of hydrogen-bond acceptors (Lipinski definition) is 4. The molecule has 0 aromatic heterocycles. The van der Waals surface area contributed by atoms with Gasteiger partial charge in [0.2, 0.25) is 5.91 Å². The van der Waals surface area contributed by atoms with Gasteiger partial charge in [0.1, 0.15) is 0 Å². The van der Waals surface area contributed by atoms with Gasteiger partial charge in [0, 0.05) is 32.2 Å². The Morgan fingerprint density at radius 2 is 2.08 bits per heavy atom. The molecule has 1 aromatic rings. The molecule has 1 N–H and O–H groups in total. The van der Waals surface area contributed by atoms with E-state index < -0.39 is 11.4 Å². The molecule has 3 aliphatic heterocycles. The number of rotatable bonds is 4. The van der Waals surface area contributed by atoms with Crippen molar-refractivity contribution < 1.29 is 19.4 Å². The van der Waals surface area contributed by atoms with Crippen LogP contribution in [-0.2, 0) is 20.9 Å². The number of ether oxygens (including phenoxy) is 1. The van der Waals surface area contributed by atoms with Gasteiger partial charge >= 0.3 is 5.97 Å². The third-order valence-electron chi connectivity index (χ3n) is 6.32. The third kappa shape index (κ3) is 3.01. The van der Waals surface area contributed by atoms with Crippen molar-refractivity contribution in [3.8, 4) is 0 Å². The van der Waals surface area contributed by atoms with E-state index in [4.69, 9.17) is 4.74 Å². The Bertz CT molecular complexity index is 680. The minimum Gasteiger partial charge on any atom is -0.481 e. The maximum Gasteiger partial charge on any atom is 0.311 e. The van der Waals surface area contributed by atoms with Crippen molar-refractivity contribution in [2.45, 2.75) is 31.8 Å². The highest BCUT2D eigenvalue weighted by molar-refractivity contribution is 5.85. The quantitative estimate of drug-likeness (QED) is 0.885. The summed E-state index contributed by atoms with van der Waals surface area (Å²) in [5.41, 5.74) is 0.384. The molecule has 6 heteroatoms. The van der Waals surface area contributed by atoms with Crippen molar-refractivity contribution in [1.29, 1.82) is 0 Å². The lowest BCUT2D eigenvalue weighted by Gasteiger charge is -2.34. The fourth-order valence-electron chi connectivity index (χ4n) is 4.79. The molecular weight excluding hydrogens is 332 g/mol. The molecule has 0 saturated carbocycles. The first-order chi connectivity index (χ1) is 12.6. The van der Waals surface area contributed by atoms with Crippen LogP contribution < -0.4 is 0 Å². The molecule has 3 fully saturated rings. The molecule has 3 saturated heterocycles. The van der Waals surface area contributed by atoms with E-state index in [0.29, 0.717) is 32.7 Å². The second kappa shape index (κ2) is 7.00. The molecule has 6 nitrogen and oxygen atoms in total. The first-order valence-corrected chi connectivity index (χ1v) is 9.48. The summed E-state index contributed by atoms with van der Waals surface area (Å²) < 4.78 is 5.50. The van der Waals surface area contributed by atoms with Gasteiger partial charge < -0.3 is 14.7 Å². The molecule has 4 rings (SSSR count). The molecule has 140 valence electrons. The van der Waals surface area contributed by atoms with Gasteiger partial charge in [-0.05, 0) is 31.4 Å². The molecule has 0 aliphatic carbocycles. The van der Waals surface area contributed by atoms with Gasteiger partial charge in [-0.1, -0.05) is 30.3 Å². The number of amides is 1. The number of hydrogen-bond donors (Lipinski definition) is 1. The van der Waals surface area contributed by atoms with Gasteiger partial charge in [-0.3, -0.25) is 14.5 Å². The maximum absolute atomic E-state index is 13.2. The average Bonchev–Trinajstić information content (AvgIpc) is 3.27. The number of likely N-dealkylation sites (tertiary alicyclic amines) is 2. The first-order valence-electron chi connectivity index (χ1n) is 9.48. The zero-order chi connectivity index (χ0) is 18.1. The molecule has 0 bridgehead atoms. The normalized spacial score (nSPS) is 31.8. The van der Waals surface area contributed by atoms with Crippen LogP contribution >= 0.6 is 0 Å². The van der Waals surface area contributed by atoms with Crippen LogP contribution in [0.2, 0.25) is 0 Å². The summed E-state index contributed by atoms with van der Waals surface area (Å²) in [5, 5.41) is 9.81. The predicted molar refractivity (Wildman–Crippen MR) is 95.4 cm³/mol. The third-order valence-corrected chi connectivity index (χ3v) is 6.32. The van der Waals surface area contributed by atoms with Gasteiger partial charge in [-0.2, -0.15) is 0 Å². The fourth-order valence-corrected chi connectivity index (χ4v) is 4.79. The summed E-state index contributed by atoms with van der Waals surface area (Å²) >= 11 is 0. The van der Waals surface area contributed by atoms with E-state index in [2.05, 4.69) is 17.0 Å². The van der Waals surface area contributed by atoms with E-state index in [9.17, 15) is 14.7 Å². The van der Waals surface area contributed by atoms with E-state index in [-0.39, 0.29) is 17.9 Å². The van der Waals surface area contributed by atoms with Crippen molar-refractivity contribution in [1.82, 2.24) is 9.80 Å². The summed E-state index contributed by atoms with van der Waals surface area (Å²) in [6.45, 7) is 3.41. The zero-order valence-electron chi connectivity index (χ0n) is 15.0. The number of benzene rings is 1. The molecule has 0 spiro atoms. The molecular formula is C20H26N2O4. The van der Waals surface area contributed by atoms with Crippen LogP contribution in [0.5, 0.6) is 0 Å². The van der Waals surface area contributed by atoms with E-state index in [1.54, 1.807) is 4.90 Å². The highest BCUT2D eigenvalue weighted by Gasteiger charge is 2.55. The molecule has 1 amide bonds. The molecule has 1 unspecified atom stereocenters. The monoisotopic (exact) mass is 358 g/mol. The Labute approximate surface area is 153 Å². The van der Waals surface area contributed by atoms with E-state index >= 15 is 0 Å². The lowest BCUT2D eigenvalue weighted by atomic mass is 9.74. The summed E-state index contributed by atoms with van der Waals surface area (Å²) in [4.78, 5) is 29.2. The molecule has 3 aliphatic rings. The summed E-state index contributed by atoms with van der Waals surface area (Å²) in [5.74, 6) is -0.788. The van der Waals surface area contributed by atoms with Gasteiger partial charge in [0.05, 0.1) is 18.1 Å². The van der Waals surface area contributed by atoms with Gasteiger partial charge in [-0.15, -0.1) is 0 Å². The van der Waals surface area contributed by atoms with Crippen molar-refractivity contribution >= 4 is 11.9 Å². The number of carbonyl (C=O) groups excluding carboxylic acids is 1. The Morgan fingerprint density at radius 1 is 1.27 bits per heavy atom. The van der Waals surface area contributed by atoms with Crippen LogP contribution in [-0.4, -0.2) is 65.7 Å². The number of carbonyl (C=O) groups is 2. The Hall–Kier alpha value is -1.92. The molecule has 26 heavy (non-hydrogen) atoms. The highest BCUT2D eigenvalue weighted by Crippen LogP contribution is 2.43. The second-order valence-corrected chi connectivity index (χ2v) is 7.82. The predicted octanol–water partition coefficient (Wildman–Crippen LogP) is 1.60. The van der Waals surface area contributed by atoms with E-state index in [1.165, 1.54) is 5.56 Å². The van der Waals surface area contributed by atoms with Gasteiger partial charge in [0.15, 0.2) is 0 Å². The summed E-state index contributed by atoms with van der Waals surface area (Å²) in [6.07, 6.45) is 2.35. The zero-order valence-corrected chi connectivity index (χ0v) is 15.0. The molecule has 3 heterocycles. The maximum atomic E-state index is 13.2. The van der Waals surface area contributed by atoms with Gasteiger partial charge in [0.25, 0.3) is 0 Å². The summed E-state index contributed by atoms with van der Waals surface area (Å²) in [6, 6.07) is 10.1. The minimum absolute atomic E-state index is 0.0912. The SMILES string of the molecule is O=C(C1CCCN1Cc1ccccc1)N1C[C@H]2COCC[C@@]2(C(=O)O)C1. The topological polar surface area (TPSA) is 70.1 Å². The van der Waals surface area contributed by atoms with E-state index in [1.807, 2.05) is 18.2 Å².